The van der Waals surface area contributed by atoms with Crippen molar-refractivity contribution in [1.82, 2.24) is 4.98 Å². The summed E-state index contributed by atoms with van der Waals surface area (Å²) in [5.74, 6) is -0.319. The zero-order chi connectivity index (χ0) is 17.4. The van der Waals surface area contributed by atoms with Crippen LogP contribution in [-0.4, -0.2) is 22.7 Å². The number of fused-ring (bicyclic) bond motifs is 3. The smallest absolute Gasteiger partial charge is 0.340 e. The van der Waals surface area contributed by atoms with Gasteiger partial charge in [0.05, 0.1) is 17.6 Å². The summed E-state index contributed by atoms with van der Waals surface area (Å²) in [6.45, 7) is 2.04. The number of hydrogen-bond donors (Lipinski definition) is 1. The number of esters is 1. The summed E-state index contributed by atoms with van der Waals surface area (Å²) >= 11 is 0. The van der Waals surface area contributed by atoms with E-state index in [9.17, 15) is 9.90 Å². The Kier molecular flexibility index (Phi) is 3.61. The minimum absolute atomic E-state index is 0.121. The Morgan fingerprint density at radius 2 is 2.00 bits per heavy atom. The van der Waals surface area contributed by atoms with Gasteiger partial charge in [-0.25, -0.2) is 9.78 Å². The summed E-state index contributed by atoms with van der Waals surface area (Å²) in [5, 5.41) is 11.3. The van der Waals surface area contributed by atoms with E-state index in [1.807, 2.05) is 30.3 Å². The highest BCUT2D eigenvalue weighted by Gasteiger charge is 2.22. The van der Waals surface area contributed by atoms with Gasteiger partial charge in [0.15, 0.2) is 0 Å². The lowest BCUT2D eigenvalue weighted by molar-refractivity contribution is 0.0527. The second-order valence-corrected chi connectivity index (χ2v) is 5.60. The van der Waals surface area contributed by atoms with Crippen molar-refractivity contribution in [2.75, 3.05) is 6.61 Å². The molecule has 25 heavy (non-hydrogen) atoms. The van der Waals surface area contributed by atoms with Crippen molar-refractivity contribution in [3.63, 3.8) is 0 Å². The standard InChI is InChI=1S/C20H15NO4/c1-2-24-20(23)15-11-21-19-18(17(15)12-6-4-3-5-7-12)14-10-13(22)8-9-16(14)25-19/h3-11,22H,2H2,1H3. The number of benzene rings is 2. The molecule has 5 heteroatoms. The number of ether oxygens (including phenoxy) is 1. The topological polar surface area (TPSA) is 72.6 Å². The zero-order valence-corrected chi connectivity index (χ0v) is 13.5. The summed E-state index contributed by atoms with van der Waals surface area (Å²) < 4.78 is 11.0. The second-order valence-electron chi connectivity index (χ2n) is 5.60. The first kappa shape index (κ1) is 15.2. The number of nitrogens with zero attached hydrogens (tertiary/aromatic N) is 1. The Bertz CT molecular complexity index is 1080. The van der Waals surface area contributed by atoms with E-state index in [0.717, 1.165) is 5.56 Å². The molecule has 0 atom stereocenters. The van der Waals surface area contributed by atoms with Crippen LogP contribution in [0.3, 0.4) is 0 Å². The molecule has 4 aromatic rings. The van der Waals surface area contributed by atoms with Crippen molar-refractivity contribution >= 4 is 28.0 Å². The van der Waals surface area contributed by atoms with Gasteiger partial charge in [-0.2, -0.15) is 0 Å². The molecule has 5 nitrogen and oxygen atoms in total. The quantitative estimate of drug-likeness (QED) is 0.558. The van der Waals surface area contributed by atoms with E-state index in [1.54, 1.807) is 25.1 Å². The van der Waals surface area contributed by atoms with Crippen molar-refractivity contribution in [3.8, 4) is 16.9 Å². The van der Waals surface area contributed by atoms with Gasteiger partial charge >= 0.3 is 5.97 Å². The maximum Gasteiger partial charge on any atom is 0.340 e. The second kappa shape index (κ2) is 5.94. The lowest BCUT2D eigenvalue weighted by Gasteiger charge is -2.10. The number of phenolic OH excluding ortho intramolecular Hbond substituents is 1. The SMILES string of the molecule is CCOC(=O)c1cnc2oc3ccc(O)cc3c2c1-c1ccccc1. The van der Waals surface area contributed by atoms with Crippen LogP contribution in [-0.2, 0) is 4.74 Å². The van der Waals surface area contributed by atoms with Crippen LogP contribution < -0.4 is 0 Å². The predicted molar refractivity (Wildman–Crippen MR) is 94.6 cm³/mol. The molecule has 0 aliphatic rings. The third kappa shape index (κ3) is 2.50. The molecule has 1 N–H and O–H groups in total. The van der Waals surface area contributed by atoms with Gasteiger partial charge in [-0.3, -0.25) is 0 Å². The number of furan rings is 1. The highest BCUT2D eigenvalue weighted by Crippen LogP contribution is 2.39. The number of carbonyl (C=O) groups excluding carboxylic acids is 1. The van der Waals surface area contributed by atoms with E-state index in [-0.39, 0.29) is 12.4 Å². The average molecular weight is 333 g/mol. The molecular weight excluding hydrogens is 318 g/mol. The van der Waals surface area contributed by atoms with Crippen LogP contribution in [0.2, 0.25) is 0 Å². The van der Waals surface area contributed by atoms with Crippen molar-refractivity contribution in [3.05, 3.63) is 60.3 Å². The number of aromatic hydroxyl groups is 1. The predicted octanol–water partition coefficient (Wildman–Crippen LogP) is 4.53. The highest BCUT2D eigenvalue weighted by molar-refractivity contribution is 6.16. The van der Waals surface area contributed by atoms with Gasteiger partial charge in [-0.15, -0.1) is 0 Å². The molecule has 124 valence electrons. The van der Waals surface area contributed by atoms with E-state index < -0.39 is 5.97 Å². The lowest BCUT2D eigenvalue weighted by atomic mass is 9.96. The molecule has 0 bridgehead atoms. The maximum atomic E-state index is 12.5. The van der Waals surface area contributed by atoms with Crippen LogP contribution in [0.4, 0.5) is 0 Å². The van der Waals surface area contributed by atoms with Crippen molar-refractivity contribution in [2.24, 2.45) is 0 Å². The Hall–Kier alpha value is -3.34. The minimum Gasteiger partial charge on any atom is -0.508 e. The molecule has 0 aliphatic heterocycles. The van der Waals surface area contributed by atoms with Gasteiger partial charge in [-0.05, 0) is 30.7 Å². The lowest BCUT2D eigenvalue weighted by Crippen LogP contribution is -2.07. The van der Waals surface area contributed by atoms with Crippen molar-refractivity contribution in [2.45, 2.75) is 6.92 Å². The Labute approximate surface area is 143 Å². The number of pyridine rings is 1. The molecule has 0 fully saturated rings. The number of phenols is 1. The molecule has 0 saturated heterocycles. The van der Waals surface area contributed by atoms with Crippen molar-refractivity contribution in [1.29, 1.82) is 0 Å². The van der Waals surface area contributed by atoms with E-state index in [2.05, 4.69) is 4.98 Å². The van der Waals surface area contributed by atoms with E-state index in [4.69, 9.17) is 9.15 Å². The molecule has 2 aromatic carbocycles. The van der Waals surface area contributed by atoms with Crippen LogP contribution in [0.15, 0.2) is 59.1 Å². The highest BCUT2D eigenvalue weighted by atomic mass is 16.5. The number of rotatable bonds is 3. The van der Waals surface area contributed by atoms with Gasteiger partial charge < -0.3 is 14.3 Å². The molecule has 4 rings (SSSR count). The maximum absolute atomic E-state index is 12.5. The summed E-state index contributed by atoms with van der Waals surface area (Å²) in [6.07, 6.45) is 1.48. The molecular formula is C20H15NO4. The third-order valence-electron chi connectivity index (χ3n) is 4.04. The zero-order valence-electron chi connectivity index (χ0n) is 13.5. The molecule has 0 spiro atoms. The minimum atomic E-state index is -0.440. The van der Waals surface area contributed by atoms with Crippen LogP contribution in [0.1, 0.15) is 17.3 Å². The fourth-order valence-electron chi connectivity index (χ4n) is 3.00. The van der Waals surface area contributed by atoms with E-state index >= 15 is 0 Å². The summed E-state index contributed by atoms with van der Waals surface area (Å²) in [7, 11) is 0. The molecule has 0 saturated carbocycles. The van der Waals surface area contributed by atoms with Gasteiger partial charge in [-0.1, -0.05) is 30.3 Å². The summed E-state index contributed by atoms with van der Waals surface area (Å²) in [4.78, 5) is 16.8. The van der Waals surface area contributed by atoms with Crippen LogP contribution in [0, 0.1) is 0 Å². The fraction of sp³-hybridized carbons (Fsp3) is 0.100. The van der Waals surface area contributed by atoms with Crippen LogP contribution >= 0.6 is 0 Å². The molecule has 0 unspecified atom stereocenters. The average Bonchev–Trinajstić information content (AvgIpc) is 2.99. The van der Waals surface area contributed by atoms with Gasteiger partial charge in [0.2, 0.25) is 5.71 Å². The number of carbonyl (C=O) groups is 1. The fourth-order valence-corrected chi connectivity index (χ4v) is 3.00. The largest absolute Gasteiger partial charge is 0.508 e. The van der Waals surface area contributed by atoms with E-state index in [1.165, 1.54) is 6.20 Å². The molecule has 2 aromatic heterocycles. The van der Waals surface area contributed by atoms with E-state index in [0.29, 0.717) is 33.2 Å². The number of aromatic nitrogens is 1. The Morgan fingerprint density at radius 1 is 1.20 bits per heavy atom. The normalized spacial score (nSPS) is 11.1. The molecule has 0 aliphatic carbocycles. The molecule has 2 heterocycles. The number of hydrogen-bond acceptors (Lipinski definition) is 5. The van der Waals surface area contributed by atoms with Gasteiger partial charge in [0, 0.05) is 17.1 Å². The summed E-state index contributed by atoms with van der Waals surface area (Å²) in [5.41, 5.74) is 2.91. The third-order valence-corrected chi connectivity index (χ3v) is 4.04. The van der Waals surface area contributed by atoms with Crippen LogP contribution in [0.25, 0.3) is 33.2 Å². The van der Waals surface area contributed by atoms with Gasteiger partial charge in [0.25, 0.3) is 0 Å². The Morgan fingerprint density at radius 3 is 2.76 bits per heavy atom. The monoisotopic (exact) mass is 333 g/mol. The first-order chi connectivity index (χ1) is 12.2. The first-order valence-electron chi connectivity index (χ1n) is 7.96. The molecule has 0 radical (unpaired) electrons. The van der Waals surface area contributed by atoms with Crippen molar-refractivity contribution < 1.29 is 19.1 Å². The first-order valence-corrected chi connectivity index (χ1v) is 7.96. The Balaban J connectivity index is 2.14. The summed E-state index contributed by atoms with van der Waals surface area (Å²) in [6, 6.07) is 14.4. The van der Waals surface area contributed by atoms with Crippen LogP contribution in [0.5, 0.6) is 5.75 Å². The van der Waals surface area contributed by atoms with Gasteiger partial charge in [0.1, 0.15) is 11.3 Å². The molecule has 0 amide bonds.